The van der Waals surface area contributed by atoms with Crippen LogP contribution in [0.1, 0.15) is 27.3 Å². The summed E-state index contributed by atoms with van der Waals surface area (Å²) >= 11 is 1.58. The van der Waals surface area contributed by atoms with E-state index in [4.69, 9.17) is 0 Å². The average molecular weight is 337 g/mol. The predicted molar refractivity (Wildman–Crippen MR) is 97.6 cm³/mol. The number of hydrogen-bond donors (Lipinski definition) is 0. The summed E-state index contributed by atoms with van der Waals surface area (Å²) in [7, 11) is 0. The lowest BCUT2D eigenvalue weighted by molar-refractivity contribution is 0.0999. The maximum Gasteiger partial charge on any atom is 0.193 e. The number of Topliss-reactive ketones (excluding diaryl/α,β-unsaturated/α-hetero) is 1. The summed E-state index contributed by atoms with van der Waals surface area (Å²) < 4.78 is 2.07. The largest absolute Gasteiger partial charge is 0.363 e. The summed E-state index contributed by atoms with van der Waals surface area (Å²) in [6.07, 6.45) is 2.81. The molecule has 0 bridgehead atoms. The number of nitrogens with zero attached hydrogens (tertiary/aromatic N) is 3. The van der Waals surface area contributed by atoms with E-state index in [0.29, 0.717) is 6.54 Å². The van der Waals surface area contributed by atoms with Gasteiger partial charge in [0.25, 0.3) is 0 Å². The monoisotopic (exact) mass is 337 g/mol. The molecule has 0 unspecified atom stereocenters. The highest BCUT2D eigenvalue weighted by Crippen LogP contribution is 2.28. The third kappa shape index (κ3) is 2.45. The fourth-order valence-electron chi connectivity index (χ4n) is 3.50. The zero-order valence-electron chi connectivity index (χ0n) is 13.8. The van der Waals surface area contributed by atoms with Crippen molar-refractivity contribution in [3.05, 3.63) is 64.4 Å². The molecule has 4 nitrogen and oxygen atoms in total. The second-order valence-electron chi connectivity index (χ2n) is 6.16. The van der Waals surface area contributed by atoms with Gasteiger partial charge in [-0.3, -0.25) is 9.36 Å². The molecule has 3 aromatic rings. The van der Waals surface area contributed by atoms with E-state index in [1.165, 1.54) is 11.3 Å². The number of ketones is 1. The van der Waals surface area contributed by atoms with Crippen molar-refractivity contribution in [3.8, 4) is 5.13 Å². The highest BCUT2D eigenvalue weighted by atomic mass is 32.1. The van der Waals surface area contributed by atoms with Gasteiger partial charge in [0.15, 0.2) is 10.9 Å². The molecule has 5 heteroatoms. The van der Waals surface area contributed by atoms with Crippen LogP contribution in [-0.4, -0.2) is 28.4 Å². The van der Waals surface area contributed by atoms with Gasteiger partial charge in [0.1, 0.15) is 0 Å². The predicted octanol–water partition coefficient (Wildman–Crippen LogP) is 3.80. The minimum atomic E-state index is 0.169. The molecule has 0 amide bonds. The third-order valence-corrected chi connectivity index (χ3v) is 5.42. The second kappa shape index (κ2) is 5.91. The van der Waals surface area contributed by atoms with Crippen molar-refractivity contribution in [3.63, 3.8) is 0 Å². The third-order valence-electron chi connectivity index (χ3n) is 4.66. The summed E-state index contributed by atoms with van der Waals surface area (Å²) in [5.74, 6) is 0.169. The Hall–Kier alpha value is -2.40. The molecule has 3 heterocycles. The van der Waals surface area contributed by atoms with E-state index in [1.54, 1.807) is 17.5 Å². The van der Waals surface area contributed by atoms with Gasteiger partial charge in [0.2, 0.25) is 0 Å². The molecule has 2 aromatic heterocycles. The Morgan fingerprint density at radius 2 is 2.12 bits per heavy atom. The molecule has 0 atom stereocenters. The highest BCUT2D eigenvalue weighted by molar-refractivity contribution is 7.12. The van der Waals surface area contributed by atoms with Crippen LogP contribution in [0.5, 0.6) is 0 Å². The fraction of sp³-hybridized carbons (Fsp3) is 0.263. The van der Waals surface area contributed by atoms with E-state index in [9.17, 15) is 4.79 Å². The van der Waals surface area contributed by atoms with E-state index < -0.39 is 0 Å². The summed E-state index contributed by atoms with van der Waals surface area (Å²) in [6, 6.07) is 10.3. The molecule has 1 aliphatic heterocycles. The first-order valence-electron chi connectivity index (χ1n) is 8.10. The molecule has 0 N–H and O–H groups in total. The number of rotatable bonds is 4. The Morgan fingerprint density at radius 3 is 2.92 bits per heavy atom. The molecule has 0 aliphatic carbocycles. The van der Waals surface area contributed by atoms with E-state index >= 15 is 0 Å². The van der Waals surface area contributed by atoms with Crippen molar-refractivity contribution in [2.45, 2.75) is 20.3 Å². The molecule has 24 heavy (non-hydrogen) atoms. The van der Waals surface area contributed by atoms with E-state index in [0.717, 1.165) is 35.0 Å². The number of benzene rings is 1. The smallest absolute Gasteiger partial charge is 0.193 e. The number of fused-ring (bicyclic) bond motifs is 1. The number of hydrogen-bond acceptors (Lipinski definition) is 4. The molecule has 0 saturated carbocycles. The van der Waals surface area contributed by atoms with E-state index in [1.807, 2.05) is 31.4 Å². The SMILES string of the molecule is Cc1cc(C(=O)CN2CCc3ccccc32)c(C)n1-c1nccs1. The maximum absolute atomic E-state index is 12.9. The fourth-order valence-corrected chi connectivity index (χ4v) is 4.25. The van der Waals surface area contributed by atoms with Crippen molar-refractivity contribution < 1.29 is 4.79 Å². The molecule has 0 saturated heterocycles. The number of para-hydroxylation sites is 1. The molecule has 1 aromatic carbocycles. The van der Waals surface area contributed by atoms with Gasteiger partial charge in [-0.25, -0.2) is 4.98 Å². The van der Waals surface area contributed by atoms with Gasteiger partial charge >= 0.3 is 0 Å². The van der Waals surface area contributed by atoms with Gasteiger partial charge < -0.3 is 4.90 Å². The van der Waals surface area contributed by atoms with Crippen molar-refractivity contribution in [1.29, 1.82) is 0 Å². The molecule has 0 fully saturated rings. The molecule has 0 radical (unpaired) electrons. The first-order chi connectivity index (χ1) is 11.6. The zero-order chi connectivity index (χ0) is 16.7. The van der Waals surface area contributed by atoms with Crippen LogP contribution in [0.3, 0.4) is 0 Å². The highest BCUT2D eigenvalue weighted by Gasteiger charge is 2.23. The van der Waals surface area contributed by atoms with Crippen LogP contribution in [0.2, 0.25) is 0 Å². The zero-order valence-corrected chi connectivity index (χ0v) is 14.6. The van der Waals surface area contributed by atoms with Gasteiger partial charge in [0.05, 0.1) is 6.54 Å². The number of thiazole rings is 1. The van der Waals surface area contributed by atoms with Crippen LogP contribution >= 0.6 is 11.3 Å². The molecule has 0 spiro atoms. The van der Waals surface area contributed by atoms with Crippen molar-refractivity contribution in [2.75, 3.05) is 18.0 Å². The lowest BCUT2D eigenvalue weighted by Crippen LogP contribution is -2.28. The minimum absolute atomic E-state index is 0.169. The first kappa shape index (κ1) is 15.1. The van der Waals surface area contributed by atoms with Gasteiger partial charge in [-0.05, 0) is 38.0 Å². The van der Waals surface area contributed by atoms with E-state index in [2.05, 4.69) is 32.7 Å². The van der Waals surface area contributed by atoms with Crippen molar-refractivity contribution in [2.24, 2.45) is 0 Å². The summed E-state index contributed by atoms with van der Waals surface area (Å²) in [6.45, 7) is 5.37. The number of carbonyl (C=O) groups excluding carboxylic acids is 1. The summed E-state index contributed by atoms with van der Waals surface area (Å²) in [4.78, 5) is 19.5. The standard InChI is InChI=1S/C19H19N3OS/c1-13-11-16(14(2)22(13)19-20-8-10-24-19)18(23)12-21-9-7-15-5-3-4-6-17(15)21/h3-6,8,10-11H,7,9,12H2,1-2H3. The molecule has 1 aliphatic rings. The Kier molecular flexibility index (Phi) is 3.73. The molecular formula is C19H19N3OS. The average Bonchev–Trinajstić information content (AvgIpc) is 3.28. The van der Waals surface area contributed by atoms with Gasteiger partial charge in [-0.1, -0.05) is 18.2 Å². The summed E-state index contributed by atoms with van der Waals surface area (Å²) in [5.41, 5.74) is 5.35. The molecule has 122 valence electrons. The van der Waals surface area contributed by atoms with Crippen LogP contribution in [0.15, 0.2) is 41.9 Å². The topological polar surface area (TPSA) is 38.1 Å². The van der Waals surface area contributed by atoms with Gasteiger partial charge in [-0.2, -0.15) is 0 Å². The van der Waals surface area contributed by atoms with Crippen LogP contribution in [0.25, 0.3) is 5.13 Å². The van der Waals surface area contributed by atoms with Crippen molar-refractivity contribution in [1.82, 2.24) is 9.55 Å². The van der Waals surface area contributed by atoms with E-state index in [-0.39, 0.29) is 5.78 Å². The normalized spacial score (nSPS) is 13.3. The minimum Gasteiger partial charge on any atom is -0.363 e. The first-order valence-corrected chi connectivity index (χ1v) is 8.98. The van der Waals surface area contributed by atoms with Crippen molar-refractivity contribution >= 4 is 22.8 Å². The van der Waals surface area contributed by atoms with Crippen LogP contribution in [0.4, 0.5) is 5.69 Å². The Bertz CT molecular complexity index is 895. The van der Waals surface area contributed by atoms with Crippen LogP contribution in [0, 0.1) is 13.8 Å². The maximum atomic E-state index is 12.9. The van der Waals surface area contributed by atoms with Crippen LogP contribution in [-0.2, 0) is 6.42 Å². The lowest BCUT2D eigenvalue weighted by atomic mass is 10.1. The Labute approximate surface area is 145 Å². The quantitative estimate of drug-likeness (QED) is 0.680. The number of aromatic nitrogens is 2. The molecular weight excluding hydrogens is 318 g/mol. The van der Waals surface area contributed by atoms with Gasteiger partial charge in [0, 0.05) is 40.8 Å². The second-order valence-corrected chi connectivity index (χ2v) is 7.03. The summed E-state index contributed by atoms with van der Waals surface area (Å²) in [5, 5.41) is 2.87. The number of anilines is 1. The Balaban J connectivity index is 1.61. The lowest BCUT2D eigenvalue weighted by Gasteiger charge is -2.18. The Morgan fingerprint density at radius 1 is 1.29 bits per heavy atom. The van der Waals surface area contributed by atoms with Gasteiger partial charge in [-0.15, -0.1) is 11.3 Å². The van der Waals surface area contributed by atoms with Crippen LogP contribution < -0.4 is 4.90 Å². The number of carbonyl (C=O) groups is 1. The number of aryl methyl sites for hydroxylation is 1. The molecule has 4 rings (SSSR count).